The predicted molar refractivity (Wildman–Crippen MR) is 87.2 cm³/mol. The van der Waals surface area contributed by atoms with Crippen LogP contribution in [0.15, 0.2) is 11.8 Å². The lowest BCUT2D eigenvalue weighted by molar-refractivity contribution is -0.155. The number of carboxylic acids is 1. The van der Waals surface area contributed by atoms with Crippen molar-refractivity contribution in [2.24, 2.45) is 11.5 Å². The lowest BCUT2D eigenvalue weighted by Gasteiger charge is -2.42. The molecule has 0 fully saturated rings. The first kappa shape index (κ1) is 22.2. The van der Waals surface area contributed by atoms with E-state index in [1.807, 2.05) is 0 Å². The third-order valence-corrected chi connectivity index (χ3v) is 3.59. The Hall–Kier alpha value is -1.80. The zero-order chi connectivity index (χ0) is 19.9. The second kappa shape index (κ2) is 10.4. The molecule has 150 valence electrons. The van der Waals surface area contributed by atoms with Gasteiger partial charge < -0.3 is 46.7 Å². The Morgan fingerprint density at radius 2 is 2.04 bits per heavy atom. The summed E-state index contributed by atoms with van der Waals surface area (Å²) < 4.78 is 10.7. The van der Waals surface area contributed by atoms with E-state index >= 15 is 0 Å². The van der Waals surface area contributed by atoms with Gasteiger partial charge in [-0.2, -0.15) is 0 Å². The number of rotatable bonds is 10. The van der Waals surface area contributed by atoms with E-state index in [0.717, 1.165) is 0 Å². The maximum atomic E-state index is 11.6. The molecule has 0 saturated carbocycles. The number of ether oxygens (including phenoxy) is 2. The fraction of sp³-hybridized carbons (Fsp3) is 0.714. The molecular formula is C14H26N4O8. The number of aliphatic hydroxyl groups excluding tert-OH is 3. The van der Waals surface area contributed by atoms with Crippen molar-refractivity contribution in [2.45, 2.75) is 43.6 Å². The van der Waals surface area contributed by atoms with E-state index in [9.17, 15) is 24.9 Å². The van der Waals surface area contributed by atoms with Gasteiger partial charge in [0, 0.05) is 6.92 Å². The average molecular weight is 378 g/mol. The molecule has 0 aromatic carbocycles. The number of hydrogen-bond donors (Lipinski definition) is 8. The molecule has 1 aliphatic heterocycles. The van der Waals surface area contributed by atoms with E-state index < -0.39 is 60.9 Å². The molecular weight excluding hydrogens is 352 g/mol. The Morgan fingerprint density at radius 1 is 1.38 bits per heavy atom. The molecule has 1 heterocycles. The topological polar surface area (TPSA) is 210 Å². The van der Waals surface area contributed by atoms with Gasteiger partial charge in [0.05, 0.1) is 31.9 Å². The van der Waals surface area contributed by atoms with Crippen LogP contribution >= 0.6 is 0 Å². The molecule has 0 saturated heterocycles. The molecule has 5 atom stereocenters. The summed E-state index contributed by atoms with van der Waals surface area (Å²) in [5.74, 6) is -2.34. The summed E-state index contributed by atoms with van der Waals surface area (Å²) in [6, 6.07) is -1.80. The van der Waals surface area contributed by atoms with E-state index in [-0.39, 0.29) is 13.2 Å². The molecule has 10 N–H and O–H groups in total. The molecule has 5 unspecified atom stereocenters. The Labute approximate surface area is 149 Å². The van der Waals surface area contributed by atoms with Crippen LogP contribution in [0.1, 0.15) is 6.92 Å². The molecule has 0 aromatic rings. The van der Waals surface area contributed by atoms with Crippen LogP contribution in [0.2, 0.25) is 0 Å². The fourth-order valence-corrected chi connectivity index (χ4v) is 2.62. The minimum atomic E-state index is -1.47. The SMILES string of the molecule is CC(=O)NC1C(NC(N)N)C=C(C(=O)O)OC1C(OCCO)C(O)CO. The van der Waals surface area contributed by atoms with Crippen molar-refractivity contribution < 1.29 is 39.5 Å². The molecule has 1 aliphatic rings. The summed E-state index contributed by atoms with van der Waals surface area (Å²) in [7, 11) is 0. The highest BCUT2D eigenvalue weighted by Crippen LogP contribution is 2.25. The van der Waals surface area contributed by atoms with Crippen LogP contribution in [0.25, 0.3) is 0 Å². The smallest absolute Gasteiger partial charge is 0.370 e. The van der Waals surface area contributed by atoms with Gasteiger partial charge in [0.2, 0.25) is 11.7 Å². The van der Waals surface area contributed by atoms with Gasteiger partial charge in [-0.25, -0.2) is 4.79 Å². The number of carbonyl (C=O) groups is 2. The fourth-order valence-electron chi connectivity index (χ4n) is 2.62. The predicted octanol–water partition coefficient (Wildman–Crippen LogP) is -4.25. The molecule has 12 nitrogen and oxygen atoms in total. The van der Waals surface area contributed by atoms with E-state index in [2.05, 4.69) is 10.6 Å². The van der Waals surface area contributed by atoms with Crippen molar-refractivity contribution >= 4 is 11.9 Å². The van der Waals surface area contributed by atoms with Crippen molar-refractivity contribution in [3.8, 4) is 0 Å². The quantitative estimate of drug-likeness (QED) is 0.171. The zero-order valence-electron chi connectivity index (χ0n) is 14.2. The highest BCUT2D eigenvalue weighted by molar-refractivity contribution is 5.84. The first-order chi connectivity index (χ1) is 12.2. The minimum absolute atomic E-state index is 0.213. The van der Waals surface area contributed by atoms with E-state index in [1.165, 1.54) is 13.0 Å². The molecule has 0 aliphatic carbocycles. The van der Waals surface area contributed by atoms with Gasteiger partial charge in [0.15, 0.2) is 0 Å². The van der Waals surface area contributed by atoms with Crippen molar-refractivity contribution in [1.82, 2.24) is 10.6 Å². The summed E-state index contributed by atoms with van der Waals surface area (Å²) in [5.41, 5.74) is 11.0. The maximum Gasteiger partial charge on any atom is 0.370 e. The van der Waals surface area contributed by atoms with Gasteiger partial charge in [-0.1, -0.05) is 0 Å². The van der Waals surface area contributed by atoms with Crippen LogP contribution in [0.3, 0.4) is 0 Å². The van der Waals surface area contributed by atoms with Crippen LogP contribution in [0.5, 0.6) is 0 Å². The largest absolute Gasteiger partial charge is 0.478 e. The van der Waals surface area contributed by atoms with Crippen molar-refractivity contribution in [2.75, 3.05) is 19.8 Å². The highest BCUT2D eigenvalue weighted by atomic mass is 16.6. The lowest BCUT2D eigenvalue weighted by Crippen LogP contribution is -2.66. The summed E-state index contributed by atoms with van der Waals surface area (Å²) in [4.78, 5) is 23.0. The Kier molecular flexibility index (Phi) is 8.87. The van der Waals surface area contributed by atoms with E-state index in [0.29, 0.717) is 0 Å². The van der Waals surface area contributed by atoms with Crippen molar-refractivity contribution in [3.05, 3.63) is 11.8 Å². The molecule has 0 bridgehead atoms. The number of nitrogens with one attached hydrogen (secondary N) is 2. The van der Waals surface area contributed by atoms with Crippen LogP contribution in [0, 0.1) is 0 Å². The number of aliphatic carboxylic acids is 1. The van der Waals surface area contributed by atoms with Crippen LogP contribution in [0.4, 0.5) is 0 Å². The molecule has 0 aromatic heterocycles. The van der Waals surface area contributed by atoms with Gasteiger partial charge >= 0.3 is 5.97 Å². The Balaban J connectivity index is 3.28. The first-order valence-electron chi connectivity index (χ1n) is 7.88. The monoisotopic (exact) mass is 378 g/mol. The lowest BCUT2D eigenvalue weighted by atomic mass is 9.91. The van der Waals surface area contributed by atoms with Crippen LogP contribution in [-0.4, -0.2) is 88.8 Å². The third-order valence-electron chi connectivity index (χ3n) is 3.59. The molecule has 1 rings (SSSR count). The normalized spacial score (nSPS) is 25.2. The number of hydrogen-bond acceptors (Lipinski definition) is 10. The summed E-state index contributed by atoms with van der Waals surface area (Å²) in [6.45, 7) is -0.0828. The van der Waals surface area contributed by atoms with Gasteiger partial charge in [-0.3, -0.25) is 10.1 Å². The summed E-state index contributed by atoms with van der Waals surface area (Å²) in [5, 5.41) is 42.8. The Bertz CT molecular complexity index is 515. The van der Waals surface area contributed by atoms with Crippen molar-refractivity contribution in [3.63, 3.8) is 0 Å². The average Bonchev–Trinajstić information content (AvgIpc) is 2.55. The standard InChI is InChI=1S/C14H26N4O8/c1-6(21)17-10-7(18-14(15)16)4-9(13(23)24)26-12(10)11(8(22)5-20)25-3-2-19/h4,7-8,10-12,14,18-20,22H,2-3,5,15-16H2,1H3,(H,17,21)(H,23,24). The molecule has 12 heteroatoms. The Morgan fingerprint density at radius 3 is 2.50 bits per heavy atom. The number of nitrogens with two attached hydrogens (primary N) is 2. The molecule has 26 heavy (non-hydrogen) atoms. The summed E-state index contributed by atoms with van der Waals surface area (Å²) >= 11 is 0. The number of carboxylic acid groups (broad SMARTS) is 1. The minimum Gasteiger partial charge on any atom is -0.478 e. The molecule has 0 spiro atoms. The number of amides is 1. The number of aliphatic hydroxyl groups is 3. The summed E-state index contributed by atoms with van der Waals surface area (Å²) in [6.07, 6.45) is -3.81. The number of carbonyl (C=O) groups excluding carboxylic acids is 1. The van der Waals surface area contributed by atoms with Gasteiger partial charge in [-0.15, -0.1) is 0 Å². The van der Waals surface area contributed by atoms with E-state index in [1.54, 1.807) is 0 Å². The second-order valence-electron chi connectivity index (χ2n) is 5.67. The van der Waals surface area contributed by atoms with Crippen LogP contribution < -0.4 is 22.1 Å². The van der Waals surface area contributed by atoms with Gasteiger partial charge in [0.1, 0.15) is 24.6 Å². The molecule has 1 amide bonds. The van der Waals surface area contributed by atoms with Gasteiger partial charge in [0.25, 0.3) is 0 Å². The third kappa shape index (κ3) is 6.17. The van der Waals surface area contributed by atoms with Gasteiger partial charge in [-0.05, 0) is 6.08 Å². The van der Waals surface area contributed by atoms with E-state index in [4.69, 9.17) is 26.0 Å². The maximum absolute atomic E-state index is 11.6. The van der Waals surface area contributed by atoms with Crippen LogP contribution in [-0.2, 0) is 19.1 Å². The van der Waals surface area contributed by atoms with Crippen molar-refractivity contribution in [1.29, 1.82) is 0 Å². The second-order valence-corrected chi connectivity index (χ2v) is 5.67. The zero-order valence-corrected chi connectivity index (χ0v) is 14.2. The molecule has 0 radical (unpaired) electrons. The first-order valence-corrected chi connectivity index (χ1v) is 7.88. The highest BCUT2D eigenvalue weighted by Gasteiger charge is 2.44.